The number of benzene rings is 2. The van der Waals surface area contributed by atoms with Crippen LogP contribution in [0, 0.1) is 0 Å². The highest BCUT2D eigenvalue weighted by atomic mass is 15.1. The fraction of sp³-hybridized carbons (Fsp3) is 0.0526. The maximum absolute atomic E-state index is 4.69. The van der Waals surface area contributed by atoms with Crippen molar-refractivity contribution in [1.29, 1.82) is 0 Å². The van der Waals surface area contributed by atoms with Gasteiger partial charge in [0.1, 0.15) is 6.17 Å². The fourth-order valence-corrected chi connectivity index (χ4v) is 2.62. The van der Waals surface area contributed by atoms with Crippen LogP contribution in [0.15, 0.2) is 79.3 Å². The van der Waals surface area contributed by atoms with Gasteiger partial charge in [0.05, 0.1) is 5.69 Å². The molecular weight excluding hydrogens is 284 g/mol. The van der Waals surface area contributed by atoms with Crippen LogP contribution in [-0.4, -0.2) is 9.97 Å². The summed E-state index contributed by atoms with van der Waals surface area (Å²) in [7, 11) is 0. The van der Waals surface area contributed by atoms with Gasteiger partial charge in [-0.25, -0.2) is 9.97 Å². The third-order valence-electron chi connectivity index (χ3n) is 3.84. The Morgan fingerprint density at radius 3 is 2.22 bits per heavy atom. The summed E-state index contributed by atoms with van der Waals surface area (Å²) in [6.45, 7) is 0. The highest BCUT2D eigenvalue weighted by Gasteiger charge is 2.11. The van der Waals surface area contributed by atoms with Crippen LogP contribution in [0.3, 0.4) is 0 Å². The standard InChI is InChI=1S/C19H16N4/c1-2-4-15(5-3-1)19-20-11-10-17(23-19)14-6-8-16(9-7-14)18-21-12-13-22-18/h1-13,18,21-22H. The van der Waals surface area contributed by atoms with Crippen molar-refractivity contribution in [1.82, 2.24) is 20.6 Å². The minimum absolute atomic E-state index is 0.148. The summed E-state index contributed by atoms with van der Waals surface area (Å²) in [5.41, 5.74) is 4.22. The Kier molecular flexibility index (Phi) is 3.48. The van der Waals surface area contributed by atoms with Gasteiger partial charge in [0.25, 0.3) is 0 Å². The third-order valence-corrected chi connectivity index (χ3v) is 3.84. The number of hydrogen-bond donors (Lipinski definition) is 2. The number of nitrogens with one attached hydrogen (secondary N) is 2. The van der Waals surface area contributed by atoms with Gasteiger partial charge in [-0.1, -0.05) is 54.6 Å². The van der Waals surface area contributed by atoms with E-state index in [-0.39, 0.29) is 6.17 Å². The molecule has 0 amide bonds. The van der Waals surface area contributed by atoms with E-state index in [1.165, 1.54) is 5.56 Å². The van der Waals surface area contributed by atoms with Crippen LogP contribution >= 0.6 is 0 Å². The van der Waals surface area contributed by atoms with Crippen LogP contribution < -0.4 is 10.6 Å². The lowest BCUT2D eigenvalue weighted by Gasteiger charge is -2.13. The quantitative estimate of drug-likeness (QED) is 0.777. The molecule has 1 aliphatic rings. The molecule has 0 saturated heterocycles. The van der Waals surface area contributed by atoms with Crippen molar-refractivity contribution in [2.45, 2.75) is 6.17 Å². The van der Waals surface area contributed by atoms with Gasteiger partial charge < -0.3 is 10.6 Å². The molecule has 0 spiro atoms. The zero-order valence-electron chi connectivity index (χ0n) is 12.5. The van der Waals surface area contributed by atoms with Crippen molar-refractivity contribution in [3.05, 3.63) is 84.8 Å². The maximum atomic E-state index is 4.69. The minimum Gasteiger partial charge on any atom is -0.366 e. The molecule has 4 nitrogen and oxygen atoms in total. The van der Waals surface area contributed by atoms with E-state index in [0.717, 1.165) is 22.6 Å². The first-order valence-corrected chi connectivity index (χ1v) is 7.56. The van der Waals surface area contributed by atoms with Crippen molar-refractivity contribution < 1.29 is 0 Å². The van der Waals surface area contributed by atoms with Gasteiger partial charge >= 0.3 is 0 Å². The summed E-state index contributed by atoms with van der Waals surface area (Å²) < 4.78 is 0. The number of rotatable bonds is 3. The largest absolute Gasteiger partial charge is 0.366 e. The van der Waals surface area contributed by atoms with Gasteiger partial charge in [-0.3, -0.25) is 0 Å². The van der Waals surface area contributed by atoms with Crippen LogP contribution in [0.2, 0.25) is 0 Å². The zero-order chi connectivity index (χ0) is 15.5. The molecule has 3 aromatic rings. The van der Waals surface area contributed by atoms with Crippen LogP contribution in [-0.2, 0) is 0 Å². The highest BCUT2D eigenvalue weighted by molar-refractivity contribution is 5.63. The van der Waals surface area contributed by atoms with Gasteiger partial charge in [0, 0.05) is 29.7 Å². The molecule has 4 heteroatoms. The Bertz CT molecular complexity index is 818. The molecule has 0 fully saturated rings. The normalized spacial score (nSPS) is 13.6. The van der Waals surface area contributed by atoms with E-state index < -0.39 is 0 Å². The number of hydrogen-bond acceptors (Lipinski definition) is 4. The summed E-state index contributed by atoms with van der Waals surface area (Å²) in [6.07, 6.45) is 5.78. The smallest absolute Gasteiger partial charge is 0.159 e. The molecular formula is C19H16N4. The topological polar surface area (TPSA) is 49.8 Å². The van der Waals surface area contributed by atoms with E-state index in [4.69, 9.17) is 0 Å². The lowest BCUT2D eigenvalue weighted by molar-refractivity contribution is 0.608. The van der Waals surface area contributed by atoms with Gasteiger partial charge in [-0.05, 0) is 11.6 Å². The van der Waals surface area contributed by atoms with Gasteiger partial charge in [-0.15, -0.1) is 0 Å². The van der Waals surface area contributed by atoms with Crippen LogP contribution in [0.4, 0.5) is 0 Å². The molecule has 0 bridgehead atoms. The molecule has 23 heavy (non-hydrogen) atoms. The van der Waals surface area contributed by atoms with E-state index >= 15 is 0 Å². The SMILES string of the molecule is C1=CNC(c2ccc(-c3ccnc(-c4ccccc4)n3)cc2)N1. The highest BCUT2D eigenvalue weighted by Crippen LogP contribution is 2.22. The lowest BCUT2D eigenvalue weighted by Crippen LogP contribution is -2.20. The van der Waals surface area contributed by atoms with E-state index in [0.29, 0.717) is 0 Å². The molecule has 2 N–H and O–H groups in total. The molecule has 112 valence electrons. The zero-order valence-corrected chi connectivity index (χ0v) is 12.5. The number of nitrogens with zero attached hydrogens (tertiary/aromatic N) is 2. The van der Waals surface area contributed by atoms with E-state index in [2.05, 4.69) is 44.9 Å². The summed E-state index contributed by atoms with van der Waals surface area (Å²) in [4.78, 5) is 9.06. The lowest BCUT2D eigenvalue weighted by atomic mass is 10.1. The average molecular weight is 300 g/mol. The molecule has 2 heterocycles. The van der Waals surface area contributed by atoms with Crippen molar-refractivity contribution in [3.63, 3.8) is 0 Å². The summed E-state index contributed by atoms with van der Waals surface area (Å²) in [6, 6.07) is 20.4. The third kappa shape index (κ3) is 2.79. The second-order valence-corrected chi connectivity index (χ2v) is 5.35. The molecule has 1 aromatic heterocycles. The summed E-state index contributed by atoms with van der Waals surface area (Å²) in [5.74, 6) is 0.746. The van der Waals surface area contributed by atoms with Crippen LogP contribution in [0.25, 0.3) is 22.6 Å². The van der Waals surface area contributed by atoms with Crippen LogP contribution in [0.1, 0.15) is 11.7 Å². The monoisotopic (exact) mass is 300 g/mol. The molecule has 0 saturated carbocycles. The van der Waals surface area contributed by atoms with Crippen molar-refractivity contribution in [3.8, 4) is 22.6 Å². The first kappa shape index (κ1) is 13.5. The predicted octanol–water partition coefficient (Wildman–Crippen LogP) is 3.47. The average Bonchev–Trinajstić information content (AvgIpc) is 3.17. The van der Waals surface area contributed by atoms with Crippen LogP contribution in [0.5, 0.6) is 0 Å². The Hall–Kier alpha value is -3.14. The second kappa shape index (κ2) is 5.93. The van der Waals surface area contributed by atoms with E-state index in [1.54, 1.807) is 0 Å². The molecule has 0 radical (unpaired) electrons. The Morgan fingerprint density at radius 1 is 0.739 bits per heavy atom. The van der Waals surface area contributed by atoms with Crippen molar-refractivity contribution in [2.24, 2.45) is 0 Å². The van der Waals surface area contributed by atoms with Gasteiger partial charge in [-0.2, -0.15) is 0 Å². The Labute approximate surface area is 134 Å². The van der Waals surface area contributed by atoms with Gasteiger partial charge in [0.2, 0.25) is 0 Å². The van der Waals surface area contributed by atoms with Gasteiger partial charge in [0.15, 0.2) is 5.82 Å². The second-order valence-electron chi connectivity index (χ2n) is 5.35. The first-order chi connectivity index (χ1) is 11.4. The Morgan fingerprint density at radius 2 is 1.48 bits per heavy atom. The fourth-order valence-electron chi connectivity index (χ4n) is 2.62. The van der Waals surface area contributed by atoms with Crippen molar-refractivity contribution in [2.75, 3.05) is 0 Å². The molecule has 0 unspecified atom stereocenters. The molecule has 2 aromatic carbocycles. The van der Waals surface area contributed by atoms with E-state index in [1.807, 2.05) is 55.0 Å². The first-order valence-electron chi connectivity index (χ1n) is 7.56. The Balaban J connectivity index is 1.63. The number of aromatic nitrogens is 2. The molecule has 0 aliphatic carbocycles. The minimum atomic E-state index is 0.148. The molecule has 4 rings (SSSR count). The van der Waals surface area contributed by atoms with E-state index in [9.17, 15) is 0 Å². The molecule has 0 atom stereocenters. The van der Waals surface area contributed by atoms with Crippen molar-refractivity contribution >= 4 is 0 Å². The molecule has 1 aliphatic heterocycles. The maximum Gasteiger partial charge on any atom is 0.159 e. The summed E-state index contributed by atoms with van der Waals surface area (Å²) in [5, 5.41) is 6.49. The predicted molar refractivity (Wildman–Crippen MR) is 91.1 cm³/mol. The summed E-state index contributed by atoms with van der Waals surface area (Å²) >= 11 is 0.